The third kappa shape index (κ3) is 2.89. The van der Waals surface area contributed by atoms with E-state index in [9.17, 15) is 0 Å². The van der Waals surface area contributed by atoms with Gasteiger partial charge in [0.25, 0.3) is 0 Å². The lowest BCUT2D eigenvalue weighted by Gasteiger charge is -2.36. The molecule has 0 radical (unpaired) electrons. The Kier molecular flexibility index (Phi) is 4.49. The average Bonchev–Trinajstić information content (AvgIpc) is 3.53. The number of nitrogens with zero attached hydrogens (tertiary/aromatic N) is 4. The van der Waals surface area contributed by atoms with Crippen LogP contribution in [-0.4, -0.2) is 10.6 Å². The summed E-state index contributed by atoms with van der Waals surface area (Å²) >= 11 is 0. The van der Waals surface area contributed by atoms with Gasteiger partial charge in [0.1, 0.15) is 11.2 Å². The van der Waals surface area contributed by atoms with E-state index < -0.39 is 0 Å². The molecule has 0 fully saturated rings. The molecule has 3 heterocycles. The third-order valence-corrected chi connectivity index (χ3v) is 8.04. The molecule has 1 aliphatic rings. The molecule has 5 heteroatoms. The Morgan fingerprint density at radius 3 is 2.20 bits per heavy atom. The van der Waals surface area contributed by atoms with Gasteiger partial charge in [-0.15, -0.1) is 0 Å². The molecular formula is C35H22N4O. The van der Waals surface area contributed by atoms with E-state index in [1.165, 1.54) is 0 Å². The maximum atomic E-state index is 7.71. The first-order chi connectivity index (χ1) is 19.6. The van der Waals surface area contributed by atoms with Crippen molar-refractivity contribution in [2.24, 2.45) is 0 Å². The van der Waals surface area contributed by atoms with Crippen LogP contribution in [0, 0.1) is 13.1 Å². The predicted octanol–water partition coefficient (Wildman–Crippen LogP) is 10.3. The first-order valence-corrected chi connectivity index (χ1v) is 13.3. The van der Waals surface area contributed by atoms with Crippen LogP contribution < -0.4 is 4.90 Å². The SMILES string of the molecule is [C-]#[N+]c1ccc(-c2ccc3c(c2)c2cc4oc5ccccc5c4c4c2n3-c2cc([N+]#[C-])ccc2N4C(C)C)cc1. The second-order valence-corrected chi connectivity index (χ2v) is 10.6. The molecule has 0 bridgehead atoms. The molecular weight excluding hydrogens is 492 g/mol. The number of hydrogen-bond donors (Lipinski definition) is 0. The van der Waals surface area contributed by atoms with Crippen molar-refractivity contribution in [2.75, 3.05) is 4.90 Å². The Hall–Kier alpha value is -5.52. The van der Waals surface area contributed by atoms with E-state index in [4.69, 9.17) is 17.6 Å². The molecule has 40 heavy (non-hydrogen) atoms. The monoisotopic (exact) mass is 514 g/mol. The first-order valence-electron chi connectivity index (χ1n) is 13.3. The van der Waals surface area contributed by atoms with E-state index in [1.807, 2.05) is 48.5 Å². The van der Waals surface area contributed by atoms with Gasteiger partial charge in [-0.05, 0) is 61.4 Å². The molecule has 5 nitrogen and oxygen atoms in total. The topological polar surface area (TPSA) is 30.0 Å². The van der Waals surface area contributed by atoms with Crippen molar-refractivity contribution in [3.63, 3.8) is 0 Å². The van der Waals surface area contributed by atoms with Crippen LogP contribution in [0.1, 0.15) is 13.8 Å². The van der Waals surface area contributed by atoms with Gasteiger partial charge in [0.15, 0.2) is 11.4 Å². The first kappa shape index (κ1) is 22.5. The molecule has 188 valence electrons. The maximum Gasteiger partial charge on any atom is 0.189 e. The lowest BCUT2D eigenvalue weighted by atomic mass is 10.00. The molecule has 2 aromatic heterocycles. The summed E-state index contributed by atoms with van der Waals surface area (Å²) in [5.74, 6) is 0. The highest BCUT2D eigenvalue weighted by Crippen LogP contribution is 2.53. The third-order valence-electron chi connectivity index (χ3n) is 8.04. The molecule has 0 saturated carbocycles. The zero-order chi connectivity index (χ0) is 27.1. The Bertz CT molecular complexity index is 2270. The highest BCUT2D eigenvalue weighted by Gasteiger charge is 2.32. The van der Waals surface area contributed by atoms with Gasteiger partial charge in [-0.2, -0.15) is 0 Å². The fourth-order valence-electron chi connectivity index (χ4n) is 6.37. The molecule has 0 unspecified atom stereocenters. The Balaban J connectivity index is 1.57. The van der Waals surface area contributed by atoms with Crippen molar-refractivity contribution in [1.29, 1.82) is 0 Å². The molecule has 7 aromatic rings. The van der Waals surface area contributed by atoms with Crippen molar-refractivity contribution in [2.45, 2.75) is 19.9 Å². The molecule has 1 aliphatic heterocycles. The van der Waals surface area contributed by atoms with E-state index in [1.54, 1.807) is 0 Å². The predicted molar refractivity (Wildman–Crippen MR) is 163 cm³/mol. The summed E-state index contributed by atoms with van der Waals surface area (Å²) in [6, 6.07) is 30.9. The van der Waals surface area contributed by atoms with E-state index in [2.05, 4.69) is 75.5 Å². The van der Waals surface area contributed by atoms with E-state index >= 15 is 0 Å². The number of benzene rings is 5. The minimum Gasteiger partial charge on any atom is -0.456 e. The second kappa shape index (κ2) is 7.99. The quantitative estimate of drug-likeness (QED) is 0.215. The second-order valence-electron chi connectivity index (χ2n) is 10.6. The molecule has 0 aliphatic carbocycles. The van der Waals surface area contributed by atoms with Gasteiger partial charge in [-0.25, -0.2) is 9.69 Å². The molecule has 8 rings (SSSR count). The summed E-state index contributed by atoms with van der Waals surface area (Å²) < 4.78 is 8.80. The number of anilines is 2. The van der Waals surface area contributed by atoms with Crippen LogP contribution >= 0.6 is 0 Å². The minimum atomic E-state index is 0.170. The van der Waals surface area contributed by atoms with Gasteiger partial charge in [-0.1, -0.05) is 54.6 Å². The zero-order valence-corrected chi connectivity index (χ0v) is 21.9. The Labute approximate surface area is 230 Å². The molecule has 5 aromatic carbocycles. The largest absolute Gasteiger partial charge is 0.456 e. The number of aromatic nitrogens is 1. The molecule has 0 saturated heterocycles. The van der Waals surface area contributed by atoms with Gasteiger partial charge in [0, 0.05) is 22.2 Å². The number of fused-ring (bicyclic) bond motifs is 9. The van der Waals surface area contributed by atoms with Crippen LogP contribution in [0.15, 0.2) is 95.4 Å². The smallest absolute Gasteiger partial charge is 0.189 e. The maximum absolute atomic E-state index is 7.71. The van der Waals surface area contributed by atoms with Gasteiger partial charge in [-0.3, -0.25) is 0 Å². The van der Waals surface area contributed by atoms with E-state index in [0.29, 0.717) is 11.4 Å². The fraction of sp³-hybridized carbons (Fsp3) is 0.0857. The number of para-hydroxylation sites is 1. The summed E-state index contributed by atoms with van der Waals surface area (Å²) in [5.41, 5.74) is 10.6. The molecule has 0 atom stereocenters. The zero-order valence-electron chi connectivity index (χ0n) is 21.9. The fourth-order valence-corrected chi connectivity index (χ4v) is 6.37. The summed E-state index contributed by atoms with van der Waals surface area (Å²) in [6.07, 6.45) is 0. The van der Waals surface area contributed by atoms with Crippen molar-refractivity contribution < 1.29 is 4.42 Å². The van der Waals surface area contributed by atoms with Crippen molar-refractivity contribution >= 4 is 66.5 Å². The summed E-state index contributed by atoms with van der Waals surface area (Å²) in [6.45, 7) is 19.4. The van der Waals surface area contributed by atoms with Crippen molar-refractivity contribution in [3.05, 3.63) is 114 Å². The molecule has 0 amide bonds. The van der Waals surface area contributed by atoms with E-state index in [-0.39, 0.29) is 6.04 Å². The Morgan fingerprint density at radius 1 is 0.675 bits per heavy atom. The highest BCUT2D eigenvalue weighted by molar-refractivity contribution is 6.27. The van der Waals surface area contributed by atoms with Gasteiger partial charge < -0.3 is 13.9 Å². The summed E-state index contributed by atoms with van der Waals surface area (Å²) in [7, 11) is 0. The summed E-state index contributed by atoms with van der Waals surface area (Å²) in [5, 5.41) is 4.44. The van der Waals surface area contributed by atoms with Crippen molar-refractivity contribution in [1.82, 2.24) is 4.57 Å². The molecule has 0 spiro atoms. The lowest BCUT2D eigenvalue weighted by molar-refractivity contribution is 0.669. The van der Waals surface area contributed by atoms with Gasteiger partial charge >= 0.3 is 0 Å². The van der Waals surface area contributed by atoms with E-state index in [0.717, 1.165) is 71.9 Å². The van der Waals surface area contributed by atoms with Crippen LogP contribution in [0.4, 0.5) is 22.7 Å². The number of furan rings is 1. The van der Waals surface area contributed by atoms with Gasteiger partial charge in [0.2, 0.25) is 0 Å². The van der Waals surface area contributed by atoms with Crippen LogP contribution in [-0.2, 0) is 0 Å². The standard InChI is InChI=1S/C35H22N4O/c1-20(2)38-29-16-14-24(37-4)18-30(29)39-28-15-11-22(21-9-12-23(36-3)13-10-21)17-26(28)27-19-32-33(35(38)34(27)39)25-7-5-6-8-31(25)40-32/h5-20H,1-2H3. The highest BCUT2D eigenvalue weighted by atomic mass is 16.3. The normalized spacial score (nSPS) is 12.4. The minimum absolute atomic E-state index is 0.170. The van der Waals surface area contributed by atoms with Crippen LogP contribution in [0.5, 0.6) is 0 Å². The average molecular weight is 515 g/mol. The Morgan fingerprint density at radius 2 is 1.43 bits per heavy atom. The number of hydrogen-bond acceptors (Lipinski definition) is 2. The van der Waals surface area contributed by atoms with Crippen LogP contribution in [0.25, 0.3) is 70.2 Å². The van der Waals surface area contributed by atoms with Gasteiger partial charge in [0.05, 0.1) is 46.6 Å². The lowest BCUT2D eigenvalue weighted by Crippen LogP contribution is -2.29. The number of rotatable bonds is 2. The van der Waals surface area contributed by atoms with Crippen molar-refractivity contribution in [3.8, 4) is 16.8 Å². The van der Waals surface area contributed by atoms with Crippen LogP contribution in [0.3, 0.4) is 0 Å². The summed E-state index contributed by atoms with van der Waals surface area (Å²) in [4.78, 5) is 9.71. The van der Waals surface area contributed by atoms with Crippen LogP contribution in [0.2, 0.25) is 0 Å². The molecule has 0 N–H and O–H groups in total.